The Morgan fingerprint density at radius 1 is 1.12 bits per heavy atom. The number of allylic oxidation sites excluding steroid dienone is 4. The molecule has 0 saturated heterocycles. The molecule has 0 spiro atoms. The second-order valence-corrected chi connectivity index (χ2v) is 8.07. The molecule has 0 unspecified atom stereocenters. The molecule has 1 aromatic rings. The third-order valence-corrected chi connectivity index (χ3v) is 6.74. The van der Waals surface area contributed by atoms with E-state index in [4.69, 9.17) is 0 Å². The van der Waals surface area contributed by atoms with Gasteiger partial charge in [-0.1, -0.05) is 42.1 Å². The largest absolute Gasteiger partial charge is 0.232 e. The lowest BCUT2D eigenvalue weighted by atomic mass is 10.1. The summed E-state index contributed by atoms with van der Waals surface area (Å²) in [6, 6.07) is 8.02. The molecule has 1 heterocycles. The van der Waals surface area contributed by atoms with Gasteiger partial charge in [0.15, 0.2) is 9.70 Å². The maximum Gasteiger partial charge on any atom is 0.232 e. The zero-order valence-corrected chi connectivity index (χ0v) is 10.2. The molecular formula is C12H8O2SSi. The zero-order valence-electron chi connectivity index (χ0n) is 8.34. The molecule has 1 aromatic carbocycles. The molecule has 0 N–H and O–H groups in total. The maximum atomic E-state index is 11.2. The van der Waals surface area contributed by atoms with Crippen LogP contribution in [-0.4, -0.2) is 15.9 Å². The van der Waals surface area contributed by atoms with E-state index in [2.05, 4.69) is 0 Å². The van der Waals surface area contributed by atoms with Gasteiger partial charge in [-0.25, -0.2) is 0 Å². The molecule has 0 radical (unpaired) electrons. The van der Waals surface area contributed by atoms with Crippen molar-refractivity contribution < 1.29 is 8.42 Å². The van der Waals surface area contributed by atoms with E-state index in [-0.39, 0.29) is 0 Å². The van der Waals surface area contributed by atoms with Gasteiger partial charge in [-0.15, -0.1) is 0 Å². The Hall–Kier alpha value is -1.52. The molecule has 78 valence electrons. The fourth-order valence-corrected chi connectivity index (χ4v) is 5.23. The summed E-state index contributed by atoms with van der Waals surface area (Å²) in [5, 5.41) is 0.988. The summed E-state index contributed by atoms with van der Waals surface area (Å²) in [6.07, 6.45) is 5.87. The van der Waals surface area contributed by atoms with Gasteiger partial charge in [-0.05, 0) is 28.0 Å². The predicted octanol–water partition coefficient (Wildman–Crippen LogP) is 1.99. The van der Waals surface area contributed by atoms with E-state index < -0.39 is 17.2 Å². The van der Waals surface area contributed by atoms with Crippen molar-refractivity contribution in [1.82, 2.24) is 0 Å². The van der Waals surface area contributed by atoms with Crippen LogP contribution in [0.2, 0.25) is 0 Å². The van der Waals surface area contributed by atoms with Crippen molar-refractivity contribution in [2.75, 3.05) is 0 Å². The number of rotatable bonds is 0. The first-order valence-electron chi connectivity index (χ1n) is 4.94. The normalized spacial score (nSPS) is 16.4. The highest BCUT2D eigenvalue weighted by Crippen LogP contribution is 2.37. The summed E-state index contributed by atoms with van der Waals surface area (Å²) in [7, 11) is -3.57. The molecular weight excluding hydrogens is 236 g/mol. The number of fused-ring (bicyclic) bond motifs is 3. The number of hydrogen-bond acceptors (Lipinski definition) is 2. The molecule has 1 aliphatic carbocycles. The zero-order chi connectivity index (χ0) is 11.1. The molecule has 2 aliphatic rings. The molecule has 2 nitrogen and oxygen atoms in total. The van der Waals surface area contributed by atoms with Crippen LogP contribution in [0.25, 0.3) is 11.6 Å². The van der Waals surface area contributed by atoms with Crippen molar-refractivity contribution in [3.05, 3.63) is 58.4 Å². The van der Waals surface area contributed by atoms with Crippen LogP contribution in [0.3, 0.4) is 0 Å². The monoisotopic (exact) mass is 244 g/mol. The molecule has 0 aromatic heterocycles. The molecule has 4 heteroatoms. The van der Waals surface area contributed by atoms with Gasteiger partial charge in [0.25, 0.3) is 0 Å². The van der Waals surface area contributed by atoms with Gasteiger partial charge in [-0.3, -0.25) is 0 Å². The Kier molecular flexibility index (Phi) is 2.12. The Balaban J connectivity index is 2.33. The highest BCUT2D eigenvalue weighted by atomic mass is 32.3. The lowest BCUT2D eigenvalue weighted by Crippen LogP contribution is -2.06. The van der Waals surface area contributed by atoms with E-state index in [9.17, 15) is 8.42 Å². The average molecular weight is 244 g/mol. The number of hydrogen-bond donors (Lipinski definition) is 0. The molecule has 0 saturated carbocycles. The van der Waals surface area contributed by atoms with Crippen LogP contribution in [0.15, 0.2) is 47.3 Å². The van der Waals surface area contributed by atoms with Crippen LogP contribution in [-0.2, 0) is 9.70 Å². The topological polar surface area (TPSA) is 34.1 Å². The molecule has 0 bridgehead atoms. The van der Waals surface area contributed by atoms with Crippen molar-refractivity contribution in [3.8, 4) is 0 Å². The second kappa shape index (κ2) is 3.50. The summed E-state index contributed by atoms with van der Waals surface area (Å²) < 4.78 is 22.3. The van der Waals surface area contributed by atoms with Crippen LogP contribution >= 0.6 is 0 Å². The summed E-state index contributed by atoms with van der Waals surface area (Å²) in [4.78, 5) is 0. The first-order chi connectivity index (χ1) is 7.77. The Labute approximate surface area is 95.9 Å². The first-order valence-corrected chi connectivity index (χ1v) is 8.31. The van der Waals surface area contributed by atoms with Gasteiger partial charge in [0, 0.05) is 0 Å². The van der Waals surface area contributed by atoms with E-state index in [1.54, 1.807) is 0 Å². The van der Waals surface area contributed by atoms with E-state index >= 15 is 0 Å². The summed E-state index contributed by atoms with van der Waals surface area (Å²) in [6.45, 7) is 0. The average Bonchev–Trinajstić information content (AvgIpc) is 2.67. The summed E-state index contributed by atoms with van der Waals surface area (Å²) in [5.74, 6) is 0. The third-order valence-electron chi connectivity index (χ3n) is 2.80. The summed E-state index contributed by atoms with van der Waals surface area (Å²) >= 11 is 0. The standard InChI is InChI=1S/C12H8O2SSi/c13-15(14)16-7-3-6-11-10-5-2-1-4-9(10)8-12(11)16/h1-8H. The van der Waals surface area contributed by atoms with Gasteiger partial charge < -0.3 is 0 Å². The van der Waals surface area contributed by atoms with Crippen LogP contribution < -0.4 is 0 Å². The first kappa shape index (κ1) is 9.69. The van der Waals surface area contributed by atoms with Crippen LogP contribution in [0.1, 0.15) is 11.1 Å². The molecule has 0 atom stereocenters. The van der Waals surface area contributed by atoms with Crippen LogP contribution in [0.4, 0.5) is 0 Å². The minimum atomic E-state index is -2.00. The van der Waals surface area contributed by atoms with Crippen molar-refractivity contribution in [2.24, 2.45) is 0 Å². The smallest absolute Gasteiger partial charge is 0.194 e. The quantitative estimate of drug-likeness (QED) is 0.654. The van der Waals surface area contributed by atoms with Crippen molar-refractivity contribution >= 4 is 28.9 Å². The van der Waals surface area contributed by atoms with Gasteiger partial charge in [-0.2, -0.15) is 8.42 Å². The fraction of sp³-hybridized carbons (Fsp3) is 0. The van der Waals surface area contributed by atoms with Crippen LogP contribution in [0.5, 0.6) is 0 Å². The van der Waals surface area contributed by atoms with E-state index in [0.717, 1.165) is 21.9 Å². The van der Waals surface area contributed by atoms with Crippen molar-refractivity contribution in [1.29, 1.82) is 0 Å². The van der Waals surface area contributed by atoms with Crippen molar-refractivity contribution in [3.63, 3.8) is 0 Å². The Morgan fingerprint density at radius 2 is 1.94 bits per heavy atom. The molecule has 0 amide bonds. The van der Waals surface area contributed by atoms with Gasteiger partial charge in [0.2, 0.25) is 7.50 Å². The Bertz CT molecular complexity index is 698. The molecule has 1 aliphatic heterocycles. The van der Waals surface area contributed by atoms with Crippen LogP contribution in [0, 0.1) is 0 Å². The number of benzene rings is 1. The highest BCUT2D eigenvalue weighted by Gasteiger charge is 2.24. The van der Waals surface area contributed by atoms with Gasteiger partial charge in [0.05, 0.1) is 0 Å². The minimum Gasteiger partial charge on any atom is -0.194 e. The fourth-order valence-electron chi connectivity index (χ4n) is 2.10. The highest BCUT2D eigenvalue weighted by molar-refractivity contribution is 7.83. The molecule has 16 heavy (non-hydrogen) atoms. The molecule has 0 fully saturated rings. The van der Waals surface area contributed by atoms with Crippen molar-refractivity contribution in [2.45, 2.75) is 0 Å². The summed E-state index contributed by atoms with van der Waals surface area (Å²) in [5.41, 5.74) is 5.17. The third kappa shape index (κ3) is 1.31. The van der Waals surface area contributed by atoms with E-state index in [0.29, 0.717) is 0 Å². The van der Waals surface area contributed by atoms with Gasteiger partial charge >= 0.3 is 0 Å². The predicted molar refractivity (Wildman–Crippen MR) is 66.2 cm³/mol. The van der Waals surface area contributed by atoms with E-state index in [1.807, 2.05) is 48.2 Å². The molecule has 3 rings (SSSR count). The lowest BCUT2D eigenvalue weighted by molar-refractivity contribution is 0.627. The maximum absolute atomic E-state index is 11.2. The lowest BCUT2D eigenvalue weighted by Gasteiger charge is -2.07. The Morgan fingerprint density at radius 3 is 2.75 bits per heavy atom. The van der Waals surface area contributed by atoms with Gasteiger partial charge in [0.1, 0.15) is 0 Å². The minimum absolute atomic E-state index is 0.988. The van der Waals surface area contributed by atoms with E-state index in [1.165, 1.54) is 0 Å². The second-order valence-electron chi connectivity index (χ2n) is 3.68. The SMILES string of the molecule is O=S(=O)=[Si]1C=CC=C2C1=Cc1ccccc12.